The van der Waals surface area contributed by atoms with Gasteiger partial charge in [0.25, 0.3) is 0 Å². The van der Waals surface area contributed by atoms with Crippen LogP contribution >= 0.6 is 15.9 Å². The quantitative estimate of drug-likeness (QED) is 0.906. The van der Waals surface area contributed by atoms with Gasteiger partial charge in [0.2, 0.25) is 0 Å². The lowest BCUT2D eigenvalue weighted by molar-refractivity contribution is -0.0922. The van der Waals surface area contributed by atoms with Crippen molar-refractivity contribution in [3.05, 3.63) is 33.8 Å². The third kappa shape index (κ3) is 1.71. The smallest absolute Gasteiger partial charge is 0.0603 e. The summed E-state index contributed by atoms with van der Waals surface area (Å²) in [6, 6.07) is 6.37. The first-order valence-electron chi connectivity index (χ1n) is 5.50. The molecule has 0 atom stereocenters. The topological polar surface area (TPSA) is 35.2 Å². The van der Waals surface area contributed by atoms with Gasteiger partial charge in [-0.3, -0.25) is 0 Å². The molecule has 16 heavy (non-hydrogen) atoms. The molecular formula is C13H18BrNO. The van der Waals surface area contributed by atoms with Crippen molar-refractivity contribution in [2.24, 2.45) is 5.73 Å². The van der Waals surface area contributed by atoms with Crippen LogP contribution in [0.15, 0.2) is 22.7 Å². The molecule has 1 aliphatic heterocycles. The summed E-state index contributed by atoms with van der Waals surface area (Å²) in [5, 5.41) is 0. The van der Waals surface area contributed by atoms with Gasteiger partial charge in [-0.1, -0.05) is 22.0 Å². The van der Waals surface area contributed by atoms with Crippen LogP contribution < -0.4 is 5.73 Å². The van der Waals surface area contributed by atoms with Crippen LogP contribution in [-0.4, -0.2) is 18.8 Å². The molecule has 1 heterocycles. The van der Waals surface area contributed by atoms with Crippen LogP contribution in [0.2, 0.25) is 0 Å². The zero-order valence-corrected chi connectivity index (χ0v) is 11.6. The maximum absolute atomic E-state index is 6.33. The summed E-state index contributed by atoms with van der Waals surface area (Å²) in [6.07, 6.45) is 0. The molecule has 2 nitrogen and oxygen atoms in total. The third-order valence-corrected chi connectivity index (χ3v) is 4.14. The highest BCUT2D eigenvalue weighted by Crippen LogP contribution is 2.42. The van der Waals surface area contributed by atoms with Crippen molar-refractivity contribution in [3.63, 3.8) is 0 Å². The van der Waals surface area contributed by atoms with E-state index in [2.05, 4.69) is 54.9 Å². The molecule has 2 rings (SSSR count). The fourth-order valence-electron chi connectivity index (χ4n) is 2.29. The van der Waals surface area contributed by atoms with Gasteiger partial charge in [0.15, 0.2) is 0 Å². The standard InChI is InChI=1S/C13H18BrNO/c1-9-4-5-10(14)6-11(9)13(7-16-8-13)12(2,3)15/h4-6H,7-8,15H2,1-3H3. The summed E-state index contributed by atoms with van der Waals surface area (Å²) in [7, 11) is 0. The van der Waals surface area contributed by atoms with Crippen molar-refractivity contribution >= 4 is 15.9 Å². The van der Waals surface area contributed by atoms with Crippen LogP contribution in [0.4, 0.5) is 0 Å². The maximum atomic E-state index is 6.33. The molecule has 0 amide bonds. The van der Waals surface area contributed by atoms with Gasteiger partial charge >= 0.3 is 0 Å². The van der Waals surface area contributed by atoms with Gasteiger partial charge in [-0.05, 0) is 44.0 Å². The molecule has 88 valence electrons. The molecule has 1 aromatic carbocycles. The van der Waals surface area contributed by atoms with Gasteiger partial charge in [-0.2, -0.15) is 0 Å². The van der Waals surface area contributed by atoms with Gasteiger partial charge < -0.3 is 10.5 Å². The molecule has 1 fully saturated rings. The summed E-state index contributed by atoms with van der Waals surface area (Å²) in [6.45, 7) is 7.72. The number of halogens is 1. The fourth-order valence-corrected chi connectivity index (χ4v) is 2.65. The highest BCUT2D eigenvalue weighted by atomic mass is 79.9. The van der Waals surface area contributed by atoms with Crippen molar-refractivity contribution in [1.29, 1.82) is 0 Å². The van der Waals surface area contributed by atoms with E-state index in [1.54, 1.807) is 0 Å². The summed E-state index contributed by atoms with van der Waals surface area (Å²) < 4.78 is 6.52. The number of hydrogen-bond acceptors (Lipinski definition) is 2. The van der Waals surface area contributed by atoms with Gasteiger partial charge in [-0.25, -0.2) is 0 Å². The number of rotatable bonds is 2. The molecule has 0 unspecified atom stereocenters. The molecule has 0 bridgehead atoms. The monoisotopic (exact) mass is 283 g/mol. The van der Waals surface area contributed by atoms with E-state index in [4.69, 9.17) is 10.5 Å². The zero-order valence-electron chi connectivity index (χ0n) is 10.0. The van der Waals surface area contributed by atoms with E-state index in [-0.39, 0.29) is 11.0 Å². The van der Waals surface area contributed by atoms with Gasteiger partial charge in [0.1, 0.15) is 0 Å². The summed E-state index contributed by atoms with van der Waals surface area (Å²) in [5.74, 6) is 0. The lowest BCUT2D eigenvalue weighted by Crippen LogP contribution is -2.65. The fraction of sp³-hybridized carbons (Fsp3) is 0.538. The average Bonchev–Trinajstić information content (AvgIpc) is 2.06. The summed E-state index contributed by atoms with van der Waals surface area (Å²) in [4.78, 5) is 0. The Morgan fingerprint density at radius 1 is 1.38 bits per heavy atom. The van der Waals surface area contributed by atoms with E-state index in [1.165, 1.54) is 11.1 Å². The second-order valence-electron chi connectivity index (χ2n) is 5.26. The highest BCUT2D eigenvalue weighted by molar-refractivity contribution is 9.10. The Morgan fingerprint density at radius 2 is 2.00 bits per heavy atom. The van der Waals surface area contributed by atoms with Crippen LogP contribution in [-0.2, 0) is 10.2 Å². The number of nitrogens with two attached hydrogens (primary N) is 1. The molecular weight excluding hydrogens is 266 g/mol. The molecule has 2 N–H and O–H groups in total. The molecule has 0 radical (unpaired) electrons. The second-order valence-corrected chi connectivity index (χ2v) is 6.17. The van der Waals surface area contributed by atoms with E-state index in [0.29, 0.717) is 13.2 Å². The van der Waals surface area contributed by atoms with Gasteiger partial charge in [0.05, 0.1) is 18.6 Å². The van der Waals surface area contributed by atoms with Gasteiger partial charge in [0, 0.05) is 10.0 Å². The van der Waals surface area contributed by atoms with E-state index >= 15 is 0 Å². The molecule has 0 aromatic heterocycles. The number of benzene rings is 1. The highest BCUT2D eigenvalue weighted by Gasteiger charge is 2.50. The van der Waals surface area contributed by atoms with Crippen LogP contribution in [0.3, 0.4) is 0 Å². The molecule has 1 aliphatic rings. The van der Waals surface area contributed by atoms with E-state index in [1.807, 2.05) is 0 Å². The van der Waals surface area contributed by atoms with Crippen molar-refractivity contribution in [2.45, 2.75) is 31.7 Å². The van der Waals surface area contributed by atoms with Crippen molar-refractivity contribution in [1.82, 2.24) is 0 Å². The van der Waals surface area contributed by atoms with Crippen LogP contribution in [0.25, 0.3) is 0 Å². The minimum atomic E-state index is -0.267. The van der Waals surface area contributed by atoms with E-state index in [9.17, 15) is 0 Å². The first-order chi connectivity index (χ1) is 7.37. The average molecular weight is 284 g/mol. The first kappa shape index (κ1) is 12.1. The Kier molecular flexibility index (Phi) is 2.89. The molecule has 0 spiro atoms. The van der Waals surface area contributed by atoms with Crippen LogP contribution in [0.5, 0.6) is 0 Å². The van der Waals surface area contributed by atoms with E-state index in [0.717, 1.165) is 4.47 Å². The largest absolute Gasteiger partial charge is 0.379 e. The lowest BCUT2D eigenvalue weighted by Gasteiger charge is -2.51. The van der Waals surface area contributed by atoms with Gasteiger partial charge in [-0.15, -0.1) is 0 Å². The Hall–Kier alpha value is -0.380. The third-order valence-electron chi connectivity index (χ3n) is 3.65. The predicted octanol–water partition coefficient (Wildman–Crippen LogP) is 2.76. The van der Waals surface area contributed by atoms with Crippen molar-refractivity contribution < 1.29 is 4.74 Å². The second kappa shape index (κ2) is 3.83. The normalized spacial score (nSPS) is 19.3. The molecule has 0 aliphatic carbocycles. The van der Waals surface area contributed by atoms with Crippen molar-refractivity contribution in [2.75, 3.05) is 13.2 Å². The van der Waals surface area contributed by atoms with E-state index < -0.39 is 0 Å². The number of ether oxygens (including phenoxy) is 1. The lowest BCUT2D eigenvalue weighted by atomic mass is 9.64. The molecule has 1 aromatic rings. The predicted molar refractivity (Wildman–Crippen MR) is 69.6 cm³/mol. The Balaban J connectivity index is 2.53. The maximum Gasteiger partial charge on any atom is 0.0603 e. The zero-order chi connectivity index (χ0) is 12.0. The Labute approximate surface area is 105 Å². The summed E-state index contributed by atoms with van der Waals surface area (Å²) >= 11 is 3.53. The van der Waals surface area contributed by atoms with Crippen LogP contribution in [0.1, 0.15) is 25.0 Å². The number of aryl methyl sites for hydroxylation is 1. The summed E-state index contributed by atoms with van der Waals surface area (Å²) in [5.41, 5.74) is 8.61. The Bertz CT molecular complexity index is 405. The SMILES string of the molecule is Cc1ccc(Br)cc1C1(C(C)(C)N)COC1. The first-order valence-corrected chi connectivity index (χ1v) is 6.29. The minimum absolute atomic E-state index is 0.0408. The van der Waals surface area contributed by atoms with Crippen molar-refractivity contribution in [3.8, 4) is 0 Å². The van der Waals surface area contributed by atoms with Crippen LogP contribution in [0, 0.1) is 6.92 Å². The molecule has 1 saturated heterocycles. The number of hydrogen-bond donors (Lipinski definition) is 1. The molecule has 3 heteroatoms. The Morgan fingerprint density at radius 3 is 2.44 bits per heavy atom. The minimum Gasteiger partial charge on any atom is -0.379 e. The molecule has 0 saturated carbocycles.